The Labute approximate surface area is 101 Å². The van der Waals surface area contributed by atoms with E-state index in [1.807, 2.05) is 0 Å². The van der Waals surface area contributed by atoms with Crippen LogP contribution >= 0.6 is 11.6 Å². The van der Waals surface area contributed by atoms with Crippen LogP contribution in [-0.2, 0) is 15.5 Å². The van der Waals surface area contributed by atoms with E-state index in [9.17, 15) is 18.4 Å². The van der Waals surface area contributed by atoms with Crippen LogP contribution in [0.5, 0.6) is 0 Å². The number of carbonyl (C=O) groups excluding carboxylic acids is 2. The second-order valence-corrected chi connectivity index (χ2v) is 4.03. The van der Waals surface area contributed by atoms with E-state index < -0.39 is 29.2 Å². The van der Waals surface area contributed by atoms with Crippen LogP contribution in [0, 0.1) is 6.92 Å². The van der Waals surface area contributed by atoms with E-state index in [-0.39, 0.29) is 5.69 Å². The summed E-state index contributed by atoms with van der Waals surface area (Å²) < 4.78 is 27.3. The van der Waals surface area contributed by atoms with Crippen molar-refractivity contribution >= 4 is 29.1 Å². The molecular weight excluding hydrogens is 252 g/mol. The first-order valence-electron chi connectivity index (χ1n) is 4.82. The minimum atomic E-state index is -3.66. The number of fused-ring (bicyclic) bond motifs is 1. The molecule has 2 amide bonds. The molecule has 1 aliphatic heterocycles. The van der Waals surface area contributed by atoms with Crippen LogP contribution in [-0.4, -0.2) is 17.7 Å². The average molecular weight is 260 g/mol. The second-order valence-electron chi connectivity index (χ2n) is 3.76. The topological polar surface area (TPSA) is 37.4 Å². The molecule has 1 aromatic carbocycles. The summed E-state index contributed by atoms with van der Waals surface area (Å²) in [5.41, 5.74) is 0.0635. The Kier molecular flexibility index (Phi) is 2.66. The molecule has 0 fully saturated rings. The zero-order valence-corrected chi connectivity index (χ0v) is 9.59. The number of imide groups is 1. The third kappa shape index (κ3) is 1.61. The molecule has 1 heterocycles. The highest BCUT2D eigenvalue weighted by Crippen LogP contribution is 2.44. The molecule has 6 heteroatoms. The standard InChI is InChI=1S/C11H8ClF2NO2/c1-6-2-3-8-7(4-6)11(13,14)10(17)15(8)9(16)5-12/h2-4H,5H2,1H3. The van der Waals surface area contributed by atoms with Crippen LogP contribution < -0.4 is 4.90 Å². The normalized spacial score (nSPS) is 17.2. The van der Waals surface area contributed by atoms with E-state index in [0.29, 0.717) is 10.5 Å². The molecule has 1 aromatic rings. The van der Waals surface area contributed by atoms with Gasteiger partial charge in [0.15, 0.2) is 0 Å². The Morgan fingerprint density at radius 1 is 1.47 bits per heavy atom. The fourth-order valence-electron chi connectivity index (χ4n) is 1.77. The predicted molar refractivity (Wildman–Crippen MR) is 58.3 cm³/mol. The second kappa shape index (κ2) is 3.77. The predicted octanol–water partition coefficient (Wildman–Crippen LogP) is 2.20. The van der Waals surface area contributed by atoms with Crippen molar-refractivity contribution in [2.45, 2.75) is 12.8 Å². The van der Waals surface area contributed by atoms with Gasteiger partial charge < -0.3 is 0 Å². The molecule has 3 nitrogen and oxygen atoms in total. The maximum atomic E-state index is 13.7. The number of amides is 2. The van der Waals surface area contributed by atoms with Gasteiger partial charge in [-0.1, -0.05) is 11.6 Å². The maximum absolute atomic E-state index is 13.7. The minimum absolute atomic E-state index is 0.0868. The summed E-state index contributed by atoms with van der Waals surface area (Å²) in [6.07, 6.45) is 0. The highest BCUT2D eigenvalue weighted by Gasteiger charge is 2.54. The van der Waals surface area contributed by atoms with Crippen molar-refractivity contribution in [1.82, 2.24) is 0 Å². The molecule has 0 spiro atoms. The quantitative estimate of drug-likeness (QED) is 0.725. The van der Waals surface area contributed by atoms with Crippen LogP contribution in [0.15, 0.2) is 18.2 Å². The van der Waals surface area contributed by atoms with Gasteiger partial charge in [-0.15, -0.1) is 11.6 Å². The van der Waals surface area contributed by atoms with E-state index >= 15 is 0 Å². The van der Waals surface area contributed by atoms with Gasteiger partial charge in [0.05, 0.1) is 11.3 Å². The fourth-order valence-corrected chi connectivity index (χ4v) is 1.89. The molecule has 0 unspecified atom stereocenters. The molecule has 0 saturated carbocycles. The Balaban J connectivity index is 2.63. The van der Waals surface area contributed by atoms with Crippen molar-refractivity contribution in [3.8, 4) is 0 Å². The highest BCUT2D eigenvalue weighted by atomic mass is 35.5. The molecule has 0 radical (unpaired) electrons. The lowest BCUT2D eigenvalue weighted by molar-refractivity contribution is -0.143. The Hall–Kier alpha value is -1.49. The molecule has 0 aliphatic carbocycles. The summed E-state index contributed by atoms with van der Waals surface area (Å²) in [7, 11) is 0. The SMILES string of the molecule is Cc1ccc2c(c1)C(F)(F)C(=O)N2C(=O)CCl. The first-order chi connectivity index (χ1) is 7.89. The van der Waals surface area contributed by atoms with Crippen molar-refractivity contribution in [3.05, 3.63) is 29.3 Å². The van der Waals surface area contributed by atoms with Crippen molar-refractivity contribution in [3.63, 3.8) is 0 Å². The number of hydrogen-bond acceptors (Lipinski definition) is 2. The monoisotopic (exact) mass is 259 g/mol. The number of halogens is 3. The van der Waals surface area contributed by atoms with Crippen LogP contribution in [0.2, 0.25) is 0 Å². The fraction of sp³-hybridized carbons (Fsp3) is 0.273. The van der Waals surface area contributed by atoms with Gasteiger partial charge in [0.1, 0.15) is 5.88 Å². The lowest BCUT2D eigenvalue weighted by Crippen LogP contribution is -2.39. The summed E-state index contributed by atoms with van der Waals surface area (Å²) in [6.45, 7) is 1.63. The van der Waals surface area contributed by atoms with E-state index in [2.05, 4.69) is 0 Å². The first kappa shape index (κ1) is 12.0. The molecule has 0 N–H and O–H groups in total. The molecule has 17 heavy (non-hydrogen) atoms. The Morgan fingerprint density at radius 2 is 2.12 bits per heavy atom. The van der Waals surface area contributed by atoms with Crippen LogP contribution in [0.4, 0.5) is 14.5 Å². The summed E-state index contributed by atoms with van der Waals surface area (Å²) in [6, 6.07) is 4.09. The van der Waals surface area contributed by atoms with Gasteiger partial charge in [-0.25, -0.2) is 4.90 Å². The van der Waals surface area contributed by atoms with Crippen LogP contribution in [0.1, 0.15) is 11.1 Å². The number of nitrogens with zero attached hydrogens (tertiary/aromatic N) is 1. The molecule has 2 rings (SSSR count). The van der Waals surface area contributed by atoms with Gasteiger partial charge in [0.2, 0.25) is 5.91 Å². The zero-order chi connectivity index (χ0) is 12.8. The van der Waals surface area contributed by atoms with Gasteiger partial charge in [-0.3, -0.25) is 9.59 Å². The van der Waals surface area contributed by atoms with E-state index in [0.717, 1.165) is 0 Å². The Morgan fingerprint density at radius 3 is 2.71 bits per heavy atom. The van der Waals surface area contributed by atoms with E-state index in [4.69, 9.17) is 11.6 Å². The largest absolute Gasteiger partial charge is 0.352 e. The molecule has 0 bridgehead atoms. The number of anilines is 1. The lowest BCUT2D eigenvalue weighted by Gasteiger charge is -2.13. The third-order valence-electron chi connectivity index (χ3n) is 2.57. The number of benzene rings is 1. The molecule has 0 atom stereocenters. The van der Waals surface area contributed by atoms with Gasteiger partial charge in [0, 0.05) is 0 Å². The van der Waals surface area contributed by atoms with Gasteiger partial charge in [-0.2, -0.15) is 8.78 Å². The lowest BCUT2D eigenvalue weighted by atomic mass is 10.1. The van der Waals surface area contributed by atoms with Gasteiger partial charge in [-0.05, 0) is 19.1 Å². The zero-order valence-electron chi connectivity index (χ0n) is 8.84. The van der Waals surface area contributed by atoms with Crippen molar-refractivity contribution < 1.29 is 18.4 Å². The van der Waals surface area contributed by atoms with Crippen molar-refractivity contribution in [1.29, 1.82) is 0 Å². The van der Waals surface area contributed by atoms with E-state index in [1.165, 1.54) is 12.1 Å². The van der Waals surface area contributed by atoms with Gasteiger partial charge >= 0.3 is 11.8 Å². The molecular formula is C11H8ClF2NO2. The molecule has 90 valence electrons. The summed E-state index contributed by atoms with van der Waals surface area (Å²) >= 11 is 5.30. The van der Waals surface area contributed by atoms with Crippen molar-refractivity contribution in [2.75, 3.05) is 10.8 Å². The number of alkyl halides is 3. The number of aryl methyl sites for hydroxylation is 1. The molecule has 1 aliphatic rings. The number of carbonyl (C=O) groups is 2. The van der Waals surface area contributed by atoms with Crippen LogP contribution in [0.25, 0.3) is 0 Å². The van der Waals surface area contributed by atoms with Crippen molar-refractivity contribution in [2.24, 2.45) is 0 Å². The minimum Gasteiger partial charge on any atom is -0.273 e. The summed E-state index contributed by atoms with van der Waals surface area (Å²) in [4.78, 5) is 23.3. The summed E-state index contributed by atoms with van der Waals surface area (Å²) in [5.74, 6) is -6.57. The number of hydrogen-bond donors (Lipinski definition) is 0. The van der Waals surface area contributed by atoms with E-state index in [1.54, 1.807) is 13.0 Å². The third-order valence-corrected chi connectivity index (χ3v) is 2.80. The number of rotatable bonds is 1. The smallest absolute Gasteiger partial charge is 0.273 e. The highest BCUT2D eigenvalue weighted by molar-refractivity contribution is 6.34. The van der Waals surface area contributed by atoms with Crippen LogP contribution in [0.3, 0.4) is 0 Å². The van der Waals surface area contributed by atoms with Gasteiger partial charge in [0.25, 0.3) is 0 Å². The summed E-state index contributed by atoms with van der Waals surface area (Å²) in [5, 5.41) is 0. The molecule has 0 saturated heterocycles. The molecule has 0 aromatic heterocycles. The first-order valence-corrected chi connectivity index (χ1v) is 5.35. The maximum Gasteiger partial charge on any atom is 0.352 e. The average Bonchev–Trinajstić information content (AvgIpc) is 2.48. The Bertz CT molecular complexity index is 516.